The minimum atomic E-state index is -0.0335. The molecule has 0 fully saturated rings. The van der Waals surface area contributed by atoms with Crippen LogP contribution in [-0.2, 0) is 16.0 Å². The lowest BCUT2D eigenvalue weighted by Gasteiger charge is -2.07. The molecule has 3 rings (SSSR count). The van der Waals surface area contributed by atoms with Crippen LogP contribution < -0.4 is 5.32 Å². The van der Waals surface area contributed by atoms with Crippen molar-refractivity contribution in [2.24, 2.45) is 0 Å². The monoisotopic (exact) mass is 350 g/mol. The van der Waals surface area contributed by atoms with Crippen LogP contribution in [0.2, 0.25) is 0 Å². The summed E-state index contributed by atoms with van der Waals surface area (Å²) in [4.78, 5) is 20.3. The first-order chi connectivity index (χ1) is 12.8. The fraction of sp³-hybridized carbons (Fsp3) is 0.250. The number of aromatic nitrogens is 3. The number of carbonyl (C=O) groups is 1. The van der Waals surface area contributed by atoms with E-state index in [0.717, 1.165) is 12.2 Å². The Balaban J connectivity index is 1.31. The van der Waals surface area contributed by atoms with Crippen molar-refractivity contribution in [2.75, 3.05) is 18.5 Å². The van der Waals surface area contributed by atoms with Crippen LogP contribution >= 0.6 is 0 Å². The number of nitrogens with zero attached hydrogens (tertiary/aromatic N) is 3. The first-order valence-electron chi connectivity index (χ1n) is 8.67. The van der Waals surface area contributed by atoms with Crippen molar-refractivity contribution in [3.63, 3.8) is 0 Å². The summed E-state index contributed by atoms with van der Waals surface area (Å²) in [5, 5.41) is 2.85. The molecule has 0 aliphatic heterocycles. The molecule has 0 spiro atoms. The molecule has 0 saturated carbocycles. The lowest BCUT2D eigenvalue weighted by molar-refractivity contribution is -0.116. The Hall–Kier alpha value is -2.99. The zero-order chi connectivity index (χ0) is 18.0. The summed E-state index contributed by atoms with van der Waals surface area (Å²) in [5.74, 6) is 0.723. The van der Waals surface area contributed by atoms with E-state index >= 15 is 0 Å². The van der Waals surface area contributed by atoms with E-state index in [1.165, 1.54) is 5.56 Å². The quantitative estimate of drug-likeness (QED) is 0.602. The summed E-state index contributed by atoms with van der Waals surface area (Å²) < 4.78 is 7.40. The predicted octanol–water partition coefficient (Wildman–Crippen LogP) is 3.25. The lowest BCUT2D eigenvalue weighted by Crippen LogP contribution is -2.13. The van der Waals surface area contributed by atoms with E-state index in [9.17, 15) is 4.79 Å². The van der Waals surface area contributed by atoms with Crippen LogP contribution in [0.25, 0.3) is 5.82 Å². The van der Waals surface area contributed by atoms with Gasteiger partial charge in [-0.1, -0.05) is 30.3 Å². The number of imidazole rings is 1. The summed E-state index contributed by atoms with van der Waals surface area (Å²) in [6, 6.07) is 13.9. The molecule has 2 aromatic heterocycles. The normalized spacial score (nSPS) is 10.6. The highest BCUT2D eigenvalue weighted by molar-refractivity contribution is 5.90. The number of benzene rings is 1. The summed E-state index contributed by atoms with van der Waals surface area (Å²) in [7, 11) is 0. The second-order valence-corrected chi connectivity index (χ2v) is 5.87. The SMILES string of the molecule is O=C(CCCOCCc1ccccc1)Nc1ccc(-n2ccnc2)nc1. The summed E-state index contributed by atoms with van der Waals surface area (Å²) >= 11 is 0. The van der Waals surface area contributed by atoms with Crippen LogP contribution in [0.5, 0.6) is 0 Å². The Morgan fingerprint density at radius 2 is 2.00 bits per heavy atom. The van der Waals surface area contributed by atoms with Gasteiger partial charge in [0, 0.05) is 25.4 Å². The Morgan fingerprint density at radius 3 is 2.73 bits per heavy atom. The van der Waals surface area contributed by atoms with Crippen molar-refractivity contribution in [1.29, 1.82) is 0 Å². The summed E-state index contributed by atoms with van der Waals surface area (Å²) in [5.41, 5.74) is 1.95. The molecule has 1 aromatic carbocycles. The molecule has 0 unspecified atom stereocenters. The van der Waals surface area contributed by atoms with Gasteiger partial charge in [-0.25, -0.2) is 9.97 Å². The average molecular weight is 350 g/mol. The fourth-order valence-corrected chi connectivity index (χ4v) is 2.50. The van der Waals surface area contributed by atoms with Gasteiger partial charge in [-0.3, -0.25) is 9.36 Å². The van der Waals surface area contributed by atoms with Crippen molar-refractivity contribution in [3.05, 3.63) is 72.9 Å². The Kier molecular flexibility index (Phi) is 6.50. The number of carbonyl (C=O) groups excluding carboxylic acids is 1. The Labute approximate surface area is 152 Å². The Bertz CT molecular complexity index is 786. The molecule has 0 aliphatic rings. The third-order valence-corrected chi connectivity index (χ3v) is 3.87. The molecule has 6 heteroatoms. The topological polar surface area (TPSA) is 69.0 Å². The van der Waals surface area contributed by atoms with Gasteiger partial charge in [0.25, 0.3) is 0 Å². The number of hydrogen-bond acceptors (Lipinski definition) is 4. The molecule has 6 nitrogen and oxygen atoms in total. The third kappa shape index (κ3) is 5.53. The van der Waals surface area contributed by atoms with Gasteiger partial charge in [0.05, 0.1) is 18.5 Å². The van der Waals surface area contributed by atoms with Crippen molar-refractivity contribution in [2.45, 2.75) is 19.3 Å². The summed E-state index contributed by atoms with van der Waals surface area (Å²) in [6.07, 6.45) is 8.84. The van der Waals surface area contributed by atoms with Crippen LogP contribution in [-0.4, -0.2) is 33.7 Å². The molecule has 0 saturated heterocycles. The van der Waals surface area contributed by atoms with Gasteiger partial charge in [0.2, 0.25) is 5.91 Å². The highest BCUT2D eigenvalue weighted by Crippen LogP contribution is 2.10. The van der Waals surface area contributed by atoms with Crippen LogP contribution in [0.4, 0.5) is 5.69 Å². The highest BCUT2D eigenvalue weighted by atomic mass is 16.5. The largest absolute Gasteiger partial charge is 0.381 e. The van der Waals surface area contributed by atoms with E-state index in [-0.39, 0.29) is 5.91 Å². The van der Waals surface area contributed by atoms with Gasteiger partial charge in [-0.15, -0.1) is 0 Å². The van der Waals surface area contributed by atoms with Gasteiger partial charge in [-0.05, 0) is 30.5 Å². The number of nitrogens with one attached hydrogen (secondary N) is 1. The molecular formula is C20H22N4O2. The van der Waals surface area contributed by atoms with Crippen molar-refractivity contribution in [3.8, 4) is 5.82 Å². The molecule has 1 amide bonds. The standard InChI is InChI=1S/C20H22N4O2/c25-20(7-4-13-26-14-10-17-5-2-1-3-6-17)23-18-8-9-19(22-15-18)24-12-11-21-16-24/h1-3,5-6,8-9,11-12,15-16H,4,7,10,13-14H2,(H,23,25). The number of amides is 1. The second kappa shape index (κ2) is 9.48. The number of ether oxygens (including phenoxy) is 1. The van der Waals surface area contributed by atoms with Crippen LogP contribution in [0.1, 0.15) is 18.4 Å². The first-order valence-corrected chi connectivity index (χ1v) is 8.67. The minimum absolute atomic E-state index is 0.0335. The second-order valence-electron chi connectivity index (χ2n) is 5.87. The lowest BCUT2D eigenvalue weighted by atomic mass is 10.2. The molecular weight excluding hydrogens is 328 g/mol. The fourth-order valence-electron chi connectivity index (χ4n) is 2.50. The van der Waals surface area contributed by atoms with E-state index in [1.54, 1.807) is 23.3 Å². The van der Waals surface area contributed by atoms with Crippen molar-refractivity contribution >= 4 is 11.6 Å². The molecule has 2 heterocycles. The number of hydrogen-bond donors (Lipinski definition) is 1. The third-order valence-electron chi connectivity index (χ3n) is 3.87. The van der Waals surface area contributed by atoms with E-state index in [2.05, 4.69) is 27.4 Å². The van der Waals surface area contributed by atoms with Crippen molar-refractivity contribution in [1.82, 2.24) is 14.5 Å². The average Bonchev–Trinajstić information content (AvgIpc) is 3.21. The molecule has 0 radical (unpaired) electrons. The van der Waals surface area contributed by atoms with Crippen LogP contribution in [0.15, 0.2) is 67.4 Å². The molecule has 0 aliphatic carbocycles. The number of rotatable bonds is 9. The molecule has 134 valence electrons. The van der Waals surface area contributed by atoms with Gasteiger partial charge in [-0.2, -0.15) is 0 Å². The van der Waals surface area contributed by atoms with E-state index in [0.29, 0.717) is 31.7 Å². The van der Waals surface area contributed by atoms with Gasteiger partial charge in [0.1, 0.15) is 12.1 Å². The van der Waals surface area contributed by atoms with Gasteiger partial charge in [0.15, 0.2) is 0 Å². The molecule has 0 bridgehead atoms. The zero-order valence-electron chi connectivity index (χ0n) is 14.5. The maximum absolute atomic E-state index is 12.0. The minimum Gasteiger partial charge on any atom is -0.381 e. The first kappa shape index (κ1) is 17.8. The maximum atomic E-state index is 12.0. The van der Waals surface area contributed by atoms with E-state index < -0.39 is 0 Å². The summed E-state index contributed by atoms with van der Waals surface area (Å²) in [6.45, 7) is 1.25. The smallest absolute Gasteiger partial charge is 0.224 e. The highest BCUT2D eigenvalue weighted by Gasteiger charge is 2.04. The van der Waals surface area contributed by atoms with Crippen molar-refractivity contribution < 1.29 is 9.53 Å². The number of anilines is 1. The predicted molar refractivity (Wildman–Crippen MR) is 100 cm³/mol. The molecule has 26 heavy (non-hydrogen) atoms. The molecule has 3 aromatic rings. The van der Waals surface area contributed by atoms with Gasteiger partial charge < -0.3 is 10.1 Å². The molecule has 1 N–H and O–H groups in total. The van der Waals surface area contributed by atoms with Crippen LogP contribution in [0.3, 0.4) is 0 Å². The van der Waals surface area contributed by atoms with E-state index in [1.807, 2.05) is 36.5 Å². The van der Waals surface area contributed by atoms with Crippen LogP contribution in [0, 0.1) is 0 Å². The number of pyridine rings is 1. The maximum Gasteiger partial charge on any atom is 0.224 e. The van der Waals surface area contributed by atoms with E-state index in [4.69, 9.17) is 4.74 Å². The molecule has 0 atom stereocenters. The Morgan fingerprint density at radius 1 is 1.12 bits per heavy atom. The van der Waals surface area contributed by atoms with Gasteiger partial charge >= 0.3 is 0 Å². The zero-order valence-corrected chi connectivity index (χ0v) is 14.5.